The van der Waals surface area contributed by atoms with Gasteiger partial charge in [0.1, 0.15) is 28.4 Å². The summed E-state index contributed by atoms with van der Waals surface area (Å²) in [7, 11) is 0. The highest BCUT2D eigenvalue weighted by atomic mass is 19.4. The standard InChI is InChI=1S/C28H18F4N2O4/c29-19-6-4-16(5-7-19)25-22(13-35)21-11-20(23(12-24(21)38-25)37-15-28(30,31)32)17-2-1-3-18(10-17)26(36)34-27(14-33)8-9-27/h1-7,10-13H,8-9,15H2,(H,34,36). The van der Waals surface area contributed by atoms with Gasteiger partial charge >= 0.3 is 6.18 Å². The number of fused-ring (bicyclic) bond motifs is 1. The second kappa shape index (κ2) is 9.34. The Hall–Kier alpha value is -4.65. The average Bonchev–Trinajstić information content (AvgIpc) is 3.58. The number of ether oxygens (including phenoxy) is 1. The lowest BCUT2D eigenvalue weighted by molar-refractivity contribution is -0.153. The van der Waals surface area contributed by atoms with Crippen molar-refractivity contribution in [1.82, 2.24) is 5.32 Å². The largest absolute Gasteiger partial charge is 0.483 e. The van der Waals surface area contributed by atoms with Crippen molar-refractivity contribution in [3.8, 4) is 34.3 Å². The number of nitrogens with one attached hydrogen (secondary N) is 1. The Balaban J connectivity index is 1.62. The maximum atomic E-state index is 13.4. The van der Waals surface area contributed by atoms with E-state index in [1.807, 2.05) is 0 Å². The van der Waals surface area contributed by atoms with Gasteiger partial charge in [0.05, 0.1) is 11.6 Å². The van der Waals surface area contributed by atoms with Gasteiger partial charge in [-0.15, -0.1) is 0 Å². The average molecular weight is 522 g/mol. The van der Waals surface area contributed by atoms with Crippen molar-refractivity contribution in [3.63, 3.8) is 0 Å². The lowest BCUT2D eigenvalue weighted by atomic mass is 9.98. The lowest BCUT2D eigenvalue weighted by Crippen LogP contribution is -2.35. The zero-order valence-electron chi connectivity index (χ0n) is 19.6. The lowest BCUT2D eigenvalue weighted by Gasteiger charge is -2.15. The Morgan fingerprint density at radius 1 is 1.11 bits per heavy atom. The number of nitriles is 1. The molecule has 0 unspecified atom stereocenters. The van der Waals surface area contributed by atoms with Gasteiger partial charge in [-0.3, -0.25) is 9.59 Å². The normalized spacial score (nSPS) is 14.1. The molecule has 0 spiro atoms. The van der Waals surface area contributed by atoms with Crippen molar-refractivity contribution in [3.05, 3.63) is 77.6 Å². The third-order valence-electron chi connectivity index (χ3n) is 6.20. The van der Waals surface area contributed by atoms with E-state index in [4.69, 9.17) is 9.15 Å². The summed E-state index contributed by atoms with van der Waals surface area (Å²) in [6.07, 6.45) is -3.01. The summed E-state index contributed by atoms with van der Waals surface area (Å²) in [5.74, 6) is -1.05. The number of nitrogens with zero attached hydrogens (tertiary/aromatic N) is 1. The van der Waals surface area contributed by atoms with E-state index in [1.165, 1.54) is 48.5 Å². The topological polar surface area (TPSA) is 92.3 Å². The van der Waals surface area contributed by atoms with Crippen LogP contribution in [-0.2, 0) is 0 Å². The first kappa shape index (κ1) is 25.0. The van der Waals surface area contributed by atoms with Crippen molar-refractivity contribution in [2.45, 2.75) is 24.6 Å². The first-order valence-electron chi connectivity index (χ1n) is 11.5. The fourth-order valence-electron chi connectivity index (χ4n) is 4.09. The summed E-state index contributed by atoms with van der Waals surface area (Å²) in [5, 5.41) is 12.2. The number of alkyl halides is 3. The van der Waals surface area contributed by atoms with Crippen LogP contribution >= 0.6 is 0 Å². The number of carbonyl (C=O) groups excluding carboxylic acids is 2. The number of benzene rings is 3. The molecule has 1 fully saturated rings. The van der Waals surface area contributed by atoms with Gasteiger partial charge in [0.25, 0.3) is 5.91 Å². The van der Waals surface area contributed by atoms with Gasteiger partial charge in [0, 0.05) is 28.1 Å². The summed E-state index contributed by atoms with van der Waals surface area (Å²) in [6.45, 7) is -1.58. The van der Waals surface area contributed by atoms with E-state index >= 15 is 0 Å². The highest BCUT2D eigenvalue weighted by molar-refractivity contribution is 6.05. The fourth-order valence-corrected chi connectivity index (χ4v) is 4.09. The molecule has 6 nitrogen and oxygen atoms in total. The van der Waals surface area contributed by atoms with Gasteiger partial charge in [0.2, 0.25) is 0 Å². The van der Waals surface area contributed by atoms with Gasteiger partial charge in [-0.25, -0.2) is 4.39 Å². The number of carbonyl (C=O) groups is 2. The highest BCUT2D eigenvalue weighted by Gasteiger charge is 2.44. The number of halogens is 4. The second-order valence-corrected chi connectivity index (χ2v) is 8.95. The molecular formula is C28H18F4N2O4. The molecule has 0 atom stereocenters. The molecule has 192 valence electrons. The van der Waals surface area contributed by atoms with E-state index in [9.17, 15) is 32.4 Å². The van der Waals surface area contributed by atoms with Gasteiger partial charge < -0.3 is 14.5 Å². The summed E-state index contributed by atoms with van der Waals surface area (Å²) >= 11 is 0. The first-order valence-corrected chi connectivity index (χ1v) is 11.5. The number of amides is 1. The van der Waals surface area contributed by atoms with Crippen LogP contribution in [0.1, 0.15) is 33.6 Å². The van der Waals surface area contributed by atoms with E-state index in [-0.39, 0.29) is 33.8 Å². The Bertz CT molecular complexity index is 1600. The van der Waals surface area contributed by atoms with Crippen molar-refractivity contribution < 1.29 is 36.3 Å². The van der Waals surface area contributed by atoms with Crippen molar-refractivity contribution in [2.24, 2.45) is 0 Å². The SMILES string of the molecule is N#CC1(NC(=O)c2cccc(-c3cc4c(C=O)c(-c5ccc(F)cc5)oc4cc3OCC(F)(F)F)c2)CC1. The molecule has 0 saturated heterocycles. The van der Waals surface area contributed by atoms with Crippen LogP contribution < -0.4 is 10.1 Å². The van der Waals surface area contributed by atoms with Crippen molar-refractivity contribution in [2.75, 3.05) is 6.61 Å². The number of hydrogen-bond donors (Lipinski definition) is 1. The molecule has 0 aliphatic heterocycles. The van der Waals surface area contributed by atoms with Crippen LogP contribution in [0.3, 0.4) is 0 Å². The number of aldehydes is 1. The number of hydrogen-bond acceptors (Lipinski definition) is 5. The molecule has 1 aliphatic rings. The molecule has 4 aromatic rings. The van der Waals surface area contributed by atoms with E-state index in [2.05, 4.69) is 11.4 Å². The fraction of sp³-hybridized carbons (Fsp3) is 0.179. The van der Waals surface area contributed by atoms with Crippen LogP contribution in [0.4, 0.5) is 17.6 Å². The van der Waals surface area contributed by atoms with E-state index in [0.29, 0.717) is 35.6 Å². The molecule has 0 bridgehead atoms. The van der Waals surface area contributed by atoms with Gasteiger partial charge in [-0.1, -0.05) is 12.1 Å². The maximum absolute atomic E-state index is 13.4. The Kier molecular flexibility index (Phi) is 6.15. The predicted octanol–water partition coefficient (Wildman–Crippen LogP) is 6.45. The monoisotopic (exact) mass is 522 g/mol. The maximum Gasteiger partial charge on any atom is 0.422 e. The number of furan rings is 1. The van der Waals surface area contributed by atoms with E-state index in [1.54, 1.807) is 12.1 Å². The van der Waals surface area contributed by atoms with Crippen molar-refractivity contribution in [1.29, 1.82) is 5.26 Å². The molecule has 3 aromatic carbocycles. The minimum absolute atomic E-state index is 0.0888. The molecule has 1 N–H and O–H groups in total. The molecule has 1 aromatic heterocycles. The molecule has 10 heteroatoms. The zero-order chi connectivity index (χ0) is 27.1. The second-order valence-electron chi connectivity index (χ2n) is 8.95. The summed E-state index contributed by atoms with van der Waals surface area (Å²) in [6, 6.07) is 16.1. The van der Waals surface area contributed by atoms with E-state index < -0.39 is 30.0 Å². The van der Waals surface area contributed by atoms with Crippen LogP contribution in [0.5, 0.6) is 5.75 Å². The summed E-state index contributed by atoms with van der Waals surface area (Å²) in [5.41, 5.74) is 0.432. The molecule has 1 aliphatic carbocycles. The predicted molar refractivity (Wildman–Crippen MR) is 129 cm³/mol. The number of rotatable bonds is 7. The first-order chi connectivity index (χ1) is 18.1. The molecule has 0 radical (unpaired) electrons. The zero-order valence-corrected chi connectivity index (χ0v) is 19.6. The van der Waals surface area contributed by atoms with Crippen LogP contribution in [-0.4, -0.2) is 30.5 Å². The van der Waals surface area contributed by atoms with E-state index in [0.717, 1.165) is 0 Å². The summed E-state index contributed by atoms with van der Waals surface area (Å²) in [4.78, 5) is 24.8. The third kappa shape index (κ3) is 4.95. The van der Waals surface area contributed by atoms with Gasteiger partial charge in [-0.05, 0) is 60.9 Å². The third-order valence-corrected chi connectivity index (χ3v) is 6.20. The van der Waals surface area contributed by atoms with Crippen molar-refractivity contribution >= 4 is 23.2 Å². The molecule has 38 heavy (non-hydrogen) atoms. The quantitative estimate of drug-likeness (QED) is 0.223. The van der Waals surface area contributed by atoms with Crippen LogP contribution in [0.2, 0.25) is 0 Å². The Morgan fingerprint density at radius 3 is 2.47 bits per heavy atom. The van der Waals surface area contributed by atoms with Gasteiger partial charge in [0.15, 0.2) is 12.9 Å². The highest BCUT2D eigenvalue weighted by Crippen LogP contribution is 2.41. The summed E-state index contributed by atoms with van der Waals surface area (Å²) < 4.78 is 63.4. The molecule has 1 heterocycles. The van der Waals surface area contributed by atoms with Gasteiger partial charge in [-0.2, -0.15) is 18.4 Å². The minimum Gasteiger partial charge on any atom is -0.483 e. The van der Waals surface area contributed by atoms with Crippen LogP contribution in [0.25, 0.3) is 33.4 Å². The molecule has 5 rings (SSSR count). The van der Waals surface area contributed by atoms with Crippen LogP contribution in [0, 0.1) is 17.1 Å². The smallest absolute Gasteiger partial charge is 0.422 e. The molecular weight excluding hydrogens is 504 g/mol. The minimum atomic E-state index is -4.62. The molecule has 1 saturated carbocycles. The van der Waals surface area contributed by atoms with Crippen LogP contribution in [0.15, 0.2) is 65.1 Å². The molecule has 1 amide bonds. The Labute approximate surface area is 213 Å². The Morgan fingerprint density at radius 2 is 1.84 bits per heavy atom.